The SMILES string of the molecule is COc1ccccc1/C=C/CN(CCN1CCN(C(=O)c2cccc(F)c2)CC1)C(C)=O. The second-order valence-electron chi connectivity index (χ2n) is 7.75. The van der Waals surface area contributed by atoms with Gasteiger partial charge in [0, 0.05) is 63.9 Å². The Bertz CT molecular complexity index is 955. The summed E-state index contributed by atoms with van der Waals surface area (Å²) in [6, 6.07) is 13.5. The Morgan fingerprint density at radius 2 is 1.84 bits per heavy atom. The number of hydrogen-bond donors (Lipinski definition) is 0. The highest BCUT2D eigenvalue weighted by Gasteiger charge is 2.22. The molecule has 0 bridgehead atoms. The largest absolute Gasteiger partial charge is 0.496 e. The van der Waals surface area contributed by atoms with E-state index in [9.17, 15) is 14.0 Å². The number of carbonyl (C=O) groups excluding carboxylic acids is 2. The molecule has 7 heteroatoms. The molecule has 0 N–H and O–H groups in total. The monoisotopic (exact) mass is 439 g/mol. The predicted octanol–water partition coefficient (Wildman–Crippen LogP) is 3.15. The Kier molecular flexibility index (Phi) is 8.39. The molecule has 0 aromatic heterocycles. The van der Waals surface area contributed by atoms with Crippen LogP contribution in [0.3, 0.4) is 0 Å². The van der Waals surface area contributed by atoms with Crippen molar-refractivity contribution in [2.24, 2.45) is 0 Å². The summed E-state index contributed by atoms with van der Waals surface area (Å²) in [6.45, 7) is 6.07. The van der Waals surface area contributed by atoms with E-state index in [0.717, 1.165) is 30.9 Å². The van der Waals surface area contributed by atoms with Gasteiger partial charge in [0.1, 0.15) is 11.6 Å². The van der Waals surface area contributed by atoms with E-state index in [-0.39, 0.29) is 11.8 Å². The molecule has 1 heterocycles. The molecule has 3 rings (SSSR count). The Morgan fingerprint density at radius 3 is 2.53 bits per heavy atom. The summed E-state index contributed by atoms with van der Waals surface area (Å²) in [5, 5.41) is 0. The zero-order chi connectivity index (χ0) is 22.9. The van der Waals surface area contributed by atoms with E-state index < -0.39 is 5.82 Å². The van der Waals surface area contributed by atoms with Gasteiger partial charge in [-0.15, -0.1) is 0 Å². The Balaban J connectivity index is 1.47. The second kappa shape index (κ2) is 11.4. The molecule has 0 atom stereocenters. The van der Waals surface area contributed by atoms with Crippen LogP contribution < -0.4 is 4.74 Å². The Labute approximate surface area is 188 Å². The third kappa shape index (κ3) is 6.40. The molecule has 1 aliphatic rings. The molecular formula is C25H30FN3O3. The van der Waals surface area contributed by atoms with Crippen LogP contribution >= 0.6 is 0 Å². The maximum Gasteiger partial charge on any atom is 0.254 e. The van der Waals surface area contributed by atoms with Crippen molar-refractivity contribution >= 4 is 17.9 Å². The molecule has 0 spiro atoms. The molecule has 1 aliphatic heterocycles. The number of benzene rings is 2. The minimum absolute atomic E-state index is 0.0228. The minimum atomic E-state index is -0.404. The third-order valence-electron chi connectivity index (χ3n) is 5.62. The van der Waals surface area contributed by atoms with Gasteiger partial charge in [-0.05, 0) is 24.3 Å². The van der Waals surface area contributed by atoms with Crippen molar-refractivity contribution in [2.75, 3.05) is 52.9 Å². The number of piperazine rings is 1. The van der Waals surface area contributed by atoms with Crippen LogP contribution in [0.15, 0.2) is 54.6 Å². The zero-order valence-electron chi connectivity index (χ0n) is 18.7. The highest BCUT2D eigenvalue weighted by atomic mass is 19.1. The predicted molar refractivity (Wildman–Crippen MR) is 123 cm³/mol. The van der Waals surface area contributed by atoms with E-state index in [2.05, 4.69) is 4.90 Å². The fourth-order valence-electron chi connectivity index (χ4n) is 3.73. The lowest BCUT2D eigenvalue weighted by Crippen LogP contribution is -2.50. The fraction of sp³-hybridized carbons (Fsp3) is 0.360. The number of rotatable bonds is 8. The first-order valence-electron chi connectivity index (χ1n) is 10.8. The van der Waals surface area contributed by atoms with Gasteiger partial charge in [-0.1, -0.05) is 36.4 Å². The lowest BCUT2D eigenvalue weighted by molar-refractivity contribution is -0.128. The van der Waals surface area contributed by atoms with Crippen molar-refractivity contribution in [2.45, 2.75) is 6.92 Å². The van der Waals surface area contributed by atoms with E-state index in [1.54, 1.807) is 36.0 Å². The van der Waals surface area contributed by atoms with E-state index in [1.807, 2.05) is 36.4 Å². The van der Waals surface area contributed by atoms with Crippen LogP contribution in [0.1, 0.15) is 22.8 Å². The number of para-hydroxylation sites is 1. The maximum absolute atomic E-state index is 13.4. The number of carbonyl (C=O) groups is 2. The standard InChI is InChI=1S/C25H30FN3O3/c1-20(30)28(12-6-9-21-7-3-4-11-24(21)32-2)16-13-27-14-17-29(18-15-27)25(31)22-8-5-10-23(26)19-22/h3-11,19H,12-18H2,1-2H3/b9-6+. The summed E-state index contributed by atoms with van der Waals surface area (Å²) >= 11 is 0. The number of methoxy groups -OCH3 is 1. The molecule has 0 aliphatic carbocycles. The first kappa shape index (κ1) is 23.5. The van der Waals surface area contributed by atoms with Crippen LogP contribution in [0.25, 0.3) is 6.08 Å². The molecule has 1 fully saturated rings. The van der Waals surface area contributed by atoms with Gasteiger partial charge in [-0.25, -0.2) is 4.39 Å². The van der Waals surface area contributed by atoms with Gasteiger partial charge >= 0.3 is 0 Å². The highest BCUT2D eigenvalue weighted by molar-refractivity contribution is 5.94. The van der Waals surface area contributed by atoms with Gasteiger partial charge < -0.3 is 14.5 Å². The van der Waals surface area contributed by atoms with Gasteiger partial charge in [-0.3, -0.25) is 14.5 Å². The van der Waals surface area contributed by atoms with E-state index >= 15 is 0 Å². The molecule has 2 aromatic carbocycles. The molecule has 0 saturated carbocycles. The quantitative estimate of drug-likeness (QED) is 0.634. The van der Waals surface area contributed by atoms with E-state index in [4.69, 9.17) is 4.74 Å². The van der Waals surface area contributed by atoms with Crippen LogP contribution in [0.5, 0.6) is 5.75 Å². The molecule has 0 unspecified atom stereocenters. The number of halogens is 1. The molecular weight excluding hydrogens is 409 g/mol. The van der Waals surface area contributed by atoms with E-state index in [1.165, 1.54) is 12.1 Å². The van der Waals surface area contributed by atoms with Crippen molar-refractivity contribution in [1.82, 2.24) is 14.7 Å². The van der Waals surface area contributed by atoms with Crippen molar-refractivity contribution in [3.63, 3.8) is 0 Å². The Morgan fingerprint density at radius 1 is 1.09 bits per heavy atom. The van der Waals surface area contributed by atoms with Gasteiger partial charge in [0.05, 0.1) is 7.11 Å². The molecule has 6 nitrogen and oxygen atoms in total. The van der Waals surface area contributed by atoms with Gasteiger partial charge in [0.2, 0.25) is 5.91 Å². The summed E-state index contributed by atoms with van der Waals surface area (Å²) in [7, 11) is 1.64. The average molecular weight is 440 g/mol. The number of hydrogen-bond acceptors (Lipinski definition) is 4. The van der Waals surface area contributed by atoms with Crippen LogP contribution in [-0.4, -0.2) is 79.4 Å². The normalized spacial score (nSPS) is 14.5. The summed E-state index contributed by atoms with van der Waals surface area (Å²) in [5.74, 6) is 0.271. The lowest BCUT2D eigenvalue weighted by Gasteiger charge is -2.35. The topological polar surface area (TPSA) is 53.1 Å². The molecule has 170 valence electrons. The van der Waals surface area contributed by atoms with Gasteiger partial charge in [0.15, 0.2) is 0 Å². The van der Waals surface area contributed by atoms with Crippen molar-refractivity contribution in [1.29, 1.82) is 0 Å². The number of nitrogens with zero attached hydrogens (tertiary/aromatic N) is 3. The summed E-state index contributed by atoms with van der Waals surface area (Å²) in [5.41, 5.74) is 1.35. The smallest absolute Gasteiger partial charge is 0.254 e. The number of amides is 2. The number of ether oxygens (including phenoxy) is 1. The third-order valence-corrected chi connectivity index (χ3v) is 5.62. The molecule has 1 saturated heterocycles. The summed E-state index contributed by atoms with van der Waals surface area (Å²) in [6.07, 6.45) is 3.93. The minimum Gasteiger partial charge on any atom is -0.496 e. The second-order valence-corrected chi connectivity index (χ2v) is 7.75. The Hall–Kier alpha value is -3.19. The van der Waals surface area contributed by atoms with Crippen LogP contribution in [0.4, 0.5) is 4.39 Å². The van der Waals surface area contributed by atoms with Gasteiger partial charge in [-0.2, -0.15) is 0 Å². The molecule has 0 radical (unpaired) electrons. The summed E-state index contributed by atoms with van der Waals surface area (Å²) < 4.78 is 18.8. The van der Waals surface area contributed by atoms with Crippen LogP contribution in [-0.2, 0) is 4.79 Å². The average Bonchev–Trinajstić information content (AvgIpc) is 2.81. The molecule has 2 amide bonds. The van der Waals surface area contributed by atoms with E-state index in [0.29, 0.717) is 31.7 Å². The first-order valence-corrected chi connectivity index (χ1v) is 10.8. The molecule has 2 aromatic rings. The fourth-order valence-corrected chi connectivity index (χ4v) is 3.73. The van der Waals surface area contributed by atoms with Crippen LogP contribution in [0.2, 0.25) is 0 Å². The van der Waals surface area contributed by atoms with Gasteiger partial charge in [0.25, 0.3) is 5.91 Å². The lowest BCUT2D eigenvalue weighted by atomic mass is 10.1. The first-order chi connectivity index (χ1) is 15.5. The highest BCUT2D eigenvalue weighted by Crippen LogP contribution is 2.18. The van der Waals surface area contributed by atoms with Crippen molar-refractivity contribution in [3.8, 4) is 5.75 Å². The molecule has 32 heavy (non-hydrogen) atoms. The van der Waals surface area contributed by atoms with Crippen LogP contribution in [0, 0.1) is 5.82 Å². The zero-order valence-corrected chi connectivity index (χ0v) is 18.7. The maximum atomic E-state index is 13.4. The van der Waals surface area contributed by atoms with Crippen molar-refractivity contribution in [3.05, 3.63) is 71.6 Å². The summed E-state index contributed by atoms with van der Waals surface area (Å²) in [4.78, 5) is 30.4. The van der Waals surface area contributed by atoms with Crippen molar-refractivity contribution < 1.29 is 18.7 Å².